The predicted molar refractivity (Wildman–Crippen MR) is 74.1 cm³/mol. The SMILES string of the molecule is Cc1ccccc1C(C)NCC1CC=CCC1. The minimum Gasteiger partial charge on any atom is -0.310 e. The quantitative estimate of drug-likeness (QED) is 0.769. The molecular formula is C16H23N. The van der Waals surface area contributed by atoms with Gasteiger partial charge in [0, 0.05) is 6.04 Å². The molecule has 92 valence electrons. The van der Waals surface area contributed by atoms with Gasteiger partial charge in [-0.05, 0) is 56.7 Å². The van der Waals surface area contributed by atoms with Gasteiger partial charge in [0.25, 0.3) is 0 Å². The van der Waals surface area contributed by atoms with Crippen LogP contribution in [0.5, 0.6) is 0 Å². The number of hydrogen-bond acceptors (Lipinski definition) is 1. The standard InChI is InChI=1S/C16H23N/c1-13-8-6-7-11-16(13)14(2)17-12-15-9-4-3-5-10-15/h3-4,6-8,11,14-15,17H,5,9-10,12H2,1-2H3. The average molecular weight is 229 g/mol. The number of aryl methyl sites for hydroxylation is 1. The van der Waals surface area contributed by atoms with E-state index in [1.807, 2.05) is 0 Å². The Morgan fingerprint density at radius 3 is 2.82 bits per heavy atom. The van der Waals surface area contributed by atoms with E-state index in [0.717, 1.165) is 12.5 Å². The molecule has 0 aromatic heterocycles. The molecule has 0 radical (unpaired) electrons. The van der Waals surface area contributed by atoms with Crippen LogP contribution in [0.2, 0.25) is 0 Å². The number of allylic oxidation sites excluding steroid dienone is 2. The van der Waals surface area contributed by atoms with Crippen LogP contribution >= 0.6 is 0 Å². The summed E-state index contributed by atoms with van der Waals surface area (Å²) in [6.45, 7) is 5.59. The fourth-order valence-electron chi connectivity index (χ4n) is 2.57. The fourth-order valence-corrected chi connectivity index (χ4v) is 2.57. The maximum Gasteiger partial charge on any atom is 0.0294 e. The van der Waals surface area contributed by atoms with Crippen molar-refractivity contribution in [1.82, 2.24) is 5.32 Å². The molecule has 2 rings (SSSR count). The molecule has 1 aliphatic rings. The predicted octanol–water partition coefficient (Wildman–Crippen LogP) is 4.00. The lowest BCUT2D eigenvalue weighted by Gasteiger charge is -2.22. The van der Waals surface area contributed by atoms with E-state index in [2.05, 4.69) is 55.6 Å². The lowest BCUT2D eigenvalue weighted by Crippen LogP contribution is -2.26. The van der Waals surface area contributed by atoms with Gasteiger partial charge in [-0.1, -0.05) is 36.4 Å². The highest BCUT2D eigenvalue weighted by Crippen LogP contribution is 2.20. The van der Waals surface area contributed by atoms with Crippen molar-refractivity contribution in [3.8, 4) is 0 Å². The molecule has 2 unspecified atom stereocenters. The van der Waals surface area contributed by atoms with Gasteiger partial charge in [-0.3, -0.25) is 0 Å². The second-order valence-corrected chi connectivity index (χ2v) is 5.14. The second kappa shape index (κ2) is 6.02. The van der Waals surface area contributed by atoms with Crippen LogP contribution in [0.25, 0.3) is 0 Å². The Bertz CT molecular complexity index is 381. The normalized spacial score (nSPS) is 21.4. The summed E-state index contributed by atoms with van der Waals surface area (Å²) in [6, 6.07) is 9.12. The van der Waals surface area contributed by atoms with E-state index >= 15 is 0 Å². The largest absolute Gasteiger partial charge is 0.310 e. The number of benzene rings is 1. The van der Waals surface area contributed by atoms with E-state index in [1.165, 1.54) is 30.4 Å². The zero-order chi connectivity index (χ0) is 12.1. The van der Waals surface area contributed by atoms with Gasteiger partial charge in [-0.25, -0.2) is 0 Å². The molecule has 0 heterocycles. The topological polar surface area (TPSA) is 12.0 Å². The molecule has 1 nitrogen and oxygen atoms in total. The van der Waals surface area contributed by atoms with Crippen LogP contribution in [0.4, 0.5) is 0 Å². The summed E-state index contributed by atoms with van der Waals surface area (Å²) in [5, 5.41) is 3.68. The van der Waals surface area contributed by atoms with Gasteiger partial charge in [0.05, 0.1) is 0 Å². The molecule has 0 fully saturated rings. The Hall–Kier alpha value is -1.08. The van der Waals surface area contributed by atoms with Crippen molar-refractivity contribution >= 4 is 0 Å². The molecule has 0 amide bonds. The second-order valence-electron chi connectivity index (χ2n) is 5.14. The van der Waals surface area contributed by atoms with Gasteiger partial charge in [-0.2, -0.15) is 0 Å². The Morgan fingerprint density at radius 2 is 2.12 bits per heavy atom. The molecule has 1 aromatic rings. The van der Waals surface area contributed by atoms with Crippen molar-refractivity contribution in [1.29, 1.82) is 0 Å². The van der Waals surface area contributed by atoms with Crippen molar-refractivity contribution in [2.45, 2.75) is 39.2 Å². The average Bonchev–Trinajstić information content (AvgIpc) is 2.38. The third kappa shape index (κ3) is 3.44. The van der Waals surface area contributed by atoms with Crippen molar-refractivity contribution in [2.75, 3.05) is 6.54 Å². The Morgan fingerprint density at radius 1 is 1.29 bits per heavy atom. The number of rotatable bonds is 4. The van der Waals surface area contributed by atoms with E-state index in [0.29, 0.717) is 6.04 Å². The minimum atomic E-state index is 0.460. The molecule has 0 saturated carbocycles. The van der Waals surface area contributed by atoms with Crippen LogP contribution in [0.15, 0.2) is 36.4 Å². The van der Waals surface area contributed by atoms with Crippen molar-refractivity contribution < 1.29 is 0 Å². The van der Waals surface area contributed by atoms with Crippen molar-refractivity contribution in [2.24, 2.45) is 5.92 Å². The van der Waals surface area contributed by atoms with Gasteiger partial charge in [0.1, 0.15) is 0 Å². The molecule has 0 saturated heterocycles. The highest BCUT2D eigenvalue weighted by molar-refractivity contribution is 5.28. The molecule has 1 heteroatoms. The first-order valence-corrected chi connectivity index (χ1v) is 6.71. The minimum absolute atomic E-state index is 0.460. The molecule has 1 N–H and O–H groups in total. The third-order valence-electron chi connectivity index (χ3n) is 3.75. The van der Waals surface area contributed by atoms with E-state index < -0.39 is 0 Å². The van der Waals surface area contributed by atoms with Crippen LogP contribution in [-0.2, 0) is 0 Å². The summed E-state index contributed by atoms with van der Waals surface area (Å²) in [7, 11) is 0. The summed E-state index contributed by atoms with van der Waals surface area (Å²) in [4.78, 5) is 0. The van der Waals surface area contributed by atoms with Crippen LogP contribution in [0.1, 0.15) is 43.4 Å². The molecule has 1 aliphatic carbocycles. The van der Waals surface area contributed by atoms with Crippen LogP contribution < -0.4 is 5.32 Å². The van der Waals surface area contributed by atoms with Crippen molar-refractivity contribution in [3.63, 3.8) is 0 Å². The Labute approximate surface area is 105 Å². The smallest absolute Gasteiger partial charge is 0.0294 e. The lowest BCUT2D eigenvalue weighted by atomic mass is 9.93. The summed E-state index contributed by atoms with van der Waals surface area (Å²) < 4.78 is 0. The third-order valence-corrected chi connectivity index (χ3v) is 3.75. The maximum absolute atomic E-state index is 3.68. The summed E-state index contributed by atoms with van der Waals surface area (Å²) in [5.74, 6) is 0.825. The lowest BCUT2D eigenvalue weighted by molar-refractivity contribution is 0.415. The first-order chi connectivity index (χ1) is 8.27. The van der Waals surface area contributed by atoms with Crippen molar-refractivity contribution in [3.05, 3.63) is 47.5 Å². The number of nitrogens with one attached hydrogen (secondary N) is 1. The first-order valence-electron chi connectivity index (χ1n) is 6.71. The monoisotopic (exact) mass is 229 g/mol. The molecule has 2 atom stereocenters. The molecular weight excluding hydrogens is 206 g/mol. The van der Waals surface area contributed by atoms with Crippen LogP contribution in [0.3, 0.4) is 0 Å². The fraction of sp³-hybridized carbons (Fsp3) is 0.500. The molecule has 1 aromatic carbocycles. The molecule has 0 aliphatic heterocycles. The van der Waals surface area contributed by atoms with Gasteiger partial charge in [0.15, 0.2) is 0 Å². The van der Waals surface area contributed by atoms with E-state index in [9.17, 15) is 0 Å². The summed E-state index contributed by atoms with van der Waals surface area (Å²) >= 11 is 0. The summed E-state index contributed by atoms with van der Waals surface area (Å²) in [6.07, 6.45) is 8.47. The van der Waals surface area contributed by atoms with Gasteiger partial charge in [0.2, 0.25) is 0 Å². The van der Waals surface area contributed by atoms with E-state index in [4.69, 9.17) is 0 Å². The van der Waals surface area contributed by atoms with E-state index in [1.54, 1.807) is 0 Å². The number of hydrogen-bond donors (Lipinski definition) is 1. The zero-order valence-corrected chi connectivity index (χ0v) is 10.9. The maximum atomic E-state index is 3.68. The highest BCUT2D eigenvalue weighted by Gasteiger charge is 2.12. The Balaban J connectivity index is 1.87. The first kappa shape index (κ1) is 12.4. The van der Waals surface area contributed by atoms with Crippen LogP contribution in [0, 0.1) is 12.8 Å². The molecule has 0 spiro atoms. The van der Waals surface area contributed by atoms with Gasteiger partial charge < -0.3 is 5.32 Å². The zero-order valence-electron chi connectivity index (χ0n) is 10.9. The van der Waals surface area contributed by atoms with Crippen LogP contribution in [-0.4, -0.2) is 6.54 Å². The van der Waals surface area contributed by atoms with Gasteiger partial charge in [-0.15, -0.1) is 0 Å². The Kier molecular flexibility index (Phi) is 4.38. The van der Waals surface area contributed by atoms with Gasteiger partial charge >= 0.3 is 0 Å². The highest BCUT2D eigenvalue weighted by atomic mass is 14.9. The van der Waals surface area contributed by atoms with E-state index in [-0.39, 0.29) is 0 Å². The summed E-state index contributed by atoms with van der Waals surface area (Å²) in [5.41, 5.74) is 2.81. The molecule has 17 heavy (non-hydrogen) atoms. The molecule has 0 bridgehead atoms.